The summed E-state index contributed by atoms with van der Waals surface area (Å²) in [6, 6.07) is 14.7. The molecule has 1 unspecified atom stereocenters. The second-order valence-electron chi connectivity index (χ2n) is 8.05. The van der Waals surface area contributed by atoms with E-state index in [9.17, 15) is 9.59 Å². The number of ether oxygens (including phenoxy) is 3. The van der Waals surface area contributed by atoms with Crippen LogP contribution in [0.1, 0.15) is 22.7 Å². The summed E-state index contributed by atoms with van der Waals surface area (Å²) in [5.74, 6) is 0.547. The minimum absolute atomic E-state index is 0.0743. The molecule has 0 radical (unpaired) electrons. The maximum atomic E-state index is 13.7. The first kappa shape index (κ1) is 24.7. The smallest absolute Gasteiger partial charge is 0.261 e. The first-order valence-electron chi connectivity index (χ1n) is 10.8. The lowest BCUT2D eigenvalue weighted by atomic mass is 10.0. The summed E-state index contributed by atoms with van der Waals surface area (Å²) >= 11 is 12.7. The Labute approximate surface area is 213 Å². The molecule has 4 rings (SSSR count). The number of rotatable bonds is 6. The lowest BCUT2D eigenvalue weighted by Gasteiger charge is -2.30. The van der Waals surface area contributed by atoms with E-state index < -0.39 is 17.9 Å². The third-order valence-corrected chi connectivity index (χ3v) is 6.21. The topological polar surface area (TPSA) is 77.1 Å². The fourth-order valence-electron chi connectivity index (χ4n) is 3.94. The number of methoxy groups -OCH3 is 2. The van der Waals surface area contributed by atoms with Crippen molar-refractivity contribution in [1.82, 2.24) is 4.90 Å². The molecule has 7 nitrogen and oxygen atoms in total. The Morgan fingerprint density at radius 2 is 1.83 bits per heavy atom. The van der Waals surface area contributed by atoms with Crippen molar-refractivity contribution in [3.63, 3.8) is 0 Å². The molecule has 3 aromatic rings. The minimum Gasteiger partial charge on any atom is -0.497 e. The largest absolute Gasteiger partial charge is 0.497 e. The van der Waals surface area contributed by atoms with E-state index >= 15 is 0 Å². The van der Waals surface area contributed by atoms with Crippen LogP contribution in [0.2, 0.25) is 10.0 Å². The van der Waals surface area contributed by atoms with Crippen LogP contribution in [0.5, 0.6) is 17.2 Å². The Bertz CT molecular complexity index is 1260. The SMILES string of the molecule is COc1ccc(CN2C(=O)COc3c(Cl)cc(Cl)cc3C2C(=O)Nc2ccc(C)cc2)c(OC)c1. The number of carbonyl (C=O) groups is 2. The van der Waals surface area contributed by atoms with Gasteiger partial charge in [0.2, 0.25) is 0 Å². The Hall–Kier alpha value is -3.42. The van der Waals surface area contributed by atoms with Crippen LogP contribution < -0.4 is 19.5 Å². The van der Waals surface area contributed by atoms with Crippen LogP contribution in [0.15, 0.2) is 54.6 Å². The Balaban J connectivity index is 1.79. The fraction of sp³-hybridized carbons (Fsp3) is 0.231. The molecule has 9 heteroatoms. The molecule has 0 aliphatic carbocycles. The summed E-state index contributed by atoms with van der Waals surface area (Å²) in [6.07, 6.45) is 0. The second kappa shape index (κ2) is 10.5. The lowest BCUT2D eigenvalue weighted by molar-refractivity contribution is -0.140. The van der Waals surface area contributed by atoms with Crippen LogP contribution in [0, 0.1) is 6.92 Å². The van der Waals surface area contributed by atoms with Crippen molar-refractivity contribution in [2.75, 3.05) is 26.1 Å². The van der Waals surface area contributed by atoms with Gasteiger partial charge in [0, 0.05) is 27.9 Å². The Morgan fingerprint density at radius 3 is 2.51 bits per heavy atom. The molecule has 1 aliphatic heterocycles. The number of aryl methyl sites for hydroxylation is 1. The minimum atomic E-state index is -1.07. The Kier molecular flexibility index (Phi) is 7.38. The molecule has 0 fully saturated rings. The molecule has 0 aromatic heterocycles. The normalized spacial score (nSPS) is 15.1. The summed E-state index contributed by atoms with van der Waals surface area (Å²) in [5, 5.41) is 3.44. The van der Waals surface area contributed by atoms with Gasteiger partial charge in [0.1, 0.15) is 23.3 Å². The van der Waals surface area contributed by atoms with Gasteiger partial charge < -0.3 is 24.4 Å². The van der Waals surface area contributed by atoms with Crippen molar-refractivity contribution < 1.29 is 23.8 Å². The molecule has 1 N–H and O–H groups in total. The van der Waals surface area contributed by atoms with Crippen LogP contribution in [0.25, 0.3) is 0 Å². The highest BCUT2D eigenvalue weighted by atomic mass is 35.5. The number of nitrogens with one attached hydrogen (secondary N) is 1. The van der Waals surface area contributed by atoms with Crippen LogP contribution >= 0.6 is 23.2 Å². The van der Waals surface area contributed by atoms with E-state index in [4.69, 9.17) is 37.4 Å². The zero-order valence-corrected chi connectivity index (χ0v) is 20.9. The zero-order chi connectivity index (χ0) is 25.1. The number of benzene rings is 3. The van der Waals surface area contributed by atoms with Crippen LogP contribution in [0.3, 0.4) is 0 Å². The van der Waals surface area contributed by atoms with E-state index in [1.807, 2.05) is 19.1 Å². The molecule has 3 aromatic carbocycles. The van der Waals surface area contributed by atoms with E-state index in [0.717, 1.165) is 5.56 Å². The summed E-state index contributed by atoms with van der Waals surface area (Å²) < 4.78 is 16.5. The van der Waals surface area contributed by atoms with E-state index in [0.29, 0.717) is 33.3 Å². The van der Waals surface area contributed by atoms with Gasteiger partial charge in [0.25, 0.3) is 11.8 Å². The van der Waals surface area contributed by atoms with Gasteiger partial charge in [-0.25, -0.2) is 0 Å². The quantitative estimate of drug-likeness (QED) is 0.475. The van der Waals surface area contributed by atoms with Gasteiger partial charge in [-0.05, 0) is 43.3 Å². The number of hydrogen-bond donors (Lipinski definition) is 1. The molecule has 0 saturated heterocycles. The van der Waals surface area contributed by atoms with E-state index in [-0.39, 0.29) is 23.9 Å². The van der Waals surface area contributed by atoms with Crippen molar-refractivity contribution in [3.05, 3.63) is 81.3 Å². The maximum Gasteiger partial charge on any atom is 0.261 e. The van der Waals surface area contributed by atoms with Crippen LogP contribution in [-0.4, -0.2) is 37.5 Å². The van der Waals surface area contributed by atoms with Crippen LogP contribution in [-0.2, 0) is 16.1 Å². The van der Waals surface area contributed by atoms with Crippen LogP contribution in [0.4, 0.5) is 5.69 Å². The average molecular weight is 515 g/mol. The van der Waals surface area contributed by atoms with Gasteiger partial charge in [0.05, 0.1) is 25.8 Å². The molecule has 1 atom stereocenters. The predicted molar refractivity (Wildman–Crippen MR) is 135 cm³/mol. The molecule has 1 aliphatic rings. The number of fused-ring (bicyclic) bond motifs is 1. The lowest BCUT2D eigenvalue weighted by Crippen LogP contribution is -2.41. The van der Waals surface area contributed by atoms with E-state index in [1.54, 1.807) is 43.5 Å². The number of nitrogens with zero attached hydrogens (tertiary/aromatic N) is 1. The van der Waals surface area contributed by atoms with Gasteiger partial charge in [-0.15, -0.1) is 0 Å². The fourth-order valence-corrected chi connectivity index (χ4v) is 4.50. The van der Waals surface area contributed by atoms with E-state index in [1.165, 1.54) is 18.1 Å². The highest BCUT2D eigenvalue weighted by molar-refractivity contribution is 6.35. The number of halogens is 2. The van der Waals surface area contributed by atoms with Gasteiger partial charge in [-0.1, -0.05) is 40.9 Å². The maximum absolute atomic E-state index is 13.7. The Morgan fingerprint density at radius 1 is 1.09 bits per heavy atom. The van der Waals surface area contributed by atoms with E-state index in [2.05, 4.69) is 5.32 Å². The summed E-state index contributed by atoms with van der Waals surface area (Å²) in [4.78, 5) is 28.4. The molecule has 0 spiro atoms. The van der Waals surface area contributed by atoms with Gasteiger partial charge >= 0.3 is 0 Å². The number of hydrogen-bond acceptors (Lipinski definition) is 5. The van der Waals surface area contributed by atoms with Crippen molar-refractivity contribution in [3.8, 4) is 17.2 Å². The molecule has 0 saturated carbocycles. The highest BCUT2D eigenvalue weighted by Gasteiger charge is 2.38. The molecule has 2 amide bonds. The standard InChI is InChI=1S/C26H24Cl2N2O5/c1-15-4-7-18(8-5-15)29-26(32)24-20-10-17(27)11-21(28)25(20)35-14-23(31)30(24)13-16-6-9-19(33-2)12-22(16)34-3/h4-12,24H,13-14H2,1-3H3,(H,29,32). The van der Waals surface area contributed by atoms with Gasteiger partial charge in [0.15, 0.2) is 6.61 Å². The first-order chi connectivity index (χ1) is 16.8. The third kappa shape index (κ3) is 5.31. The molecule has 1 heterocycles. The van der Waals surface area contributed by atoms with Gasteiger partial charge in [-0.3, -0.25) is 9.59 Å². The highest BCUT2D eigenvalue weighted by Crippen LogP contribution is 2.41. The second-order valence-corrected chi connectivity index (χ2v) is 8.90. The van der Waals surface area contributed by atoms with Crippen molar-refractivity contribution >= 4 is 40.7 Å². The molecule has 0 bridgehead atoms. The zero-order valence-electron chi connectivity index (χ0n) is 19.4. The monoisotopic (exact) mass is 514 g/mol. The average Bonchev–Trinajstić information content (AvgIpc) is 2.97. The number of anilines is 1. The molecule has 35 heavy (non-hydrogen) atoms. The molecule has 182 valence electrons. The predicted octanol–water partition coefficient (Wildman–Crippen LogP) is 5.42. The van der Waals surface area contributed by atoms with Crippen molar-refractivity contribution in [2.45, 2.75) is 19.5 Å². The first-order valence-corrected chi connectivity index (χ1v) is 11.6. The third-order valence-electron chi connectivity index (χ3n) is 5.71. The number of amides is 2. The van der Waals surface area contributed by atoms with Crippen molar-refractivity contribution in [1.29, 1.82) is 0 Å². The van der Waals surface area contributed by atoms with Gasteiger partial charge in [-0.2, -0.15) is 0 Å². The summed E-state index contributed by atoms with van der Waals surface area (Å²) in [7, 11) is 3.09. The molecular formula is C26H24Cl2N2O5. The summed E-state index contributed by atoms with van der Waals surface area (Å²) in [6.45, 7) is 1.74. The number of carbonyl (C=O) groups excluding carboxylic acids is 2. The van der Waals surface area contributed by atoms with Crippen molar-refractivity contribution in [2.24, 2.45) is 0 Å². The summed E-state index contributed by atoms with van der Waals surface area (Å²) in [5.41, 5.74) is 2.73. The molecular weight excluding hydrogens is 491 g/mol.